The third kappa shape index (κ3) is 9.29. The summed E-state index contributed by atoms with van der Waals surface area (Å²) in [6.07, 6.45) is -2.06. The highest BCUT2D eigenvalue weighted by molar-refractivity contribution is 14.0. The van der Waals surface area contributed by atoms with Crippen molar-refractivity contribution in [3.8, 4) is 11.5 Å². The van der Waals surface area contributed by atoms with Gasteiger partial charge in [-0.3, -0.25) is 0 Å². The van der Waals surface area contributed by atoms with E-state index < -0.39 is 12.8 Å². The second-order valence-electron chi connectivity index (χ2n) is 5.84. The van der Waals surface area contributed by atoms with Crippen LogP contribution in [-0.4, -0.2) is 38.9 Å². The number of rotatable bonds is 9. The second kappa shape index (κ2) is 12.5. The maximum Gasteiger partial charge on any atom is 0.422 e. The summed E-state index contributed by atoms with van der Waals surface area (Å²) < 4.78 is 52.2. The molecule has 0 spiro atoms. The van der Waals surface area contributed by atoms with Gasteiger partial charge < -0.3 is 24.5 Å². The average molecular weight is 527 g/mol. The van der Waals surface area contributed by atoms with Crippen molar-refractivity contribution < 1.29 is 27.1 Å². The van der Waals surface area contributed by atoms with E-state index in [1.54, 1.807) is 18.4 Å². The Hall–Kier alpha value is -2.11. The Labute approximate surface area is 184 Å². The molecule has 2 N–H and O–H groups in total. The summed E-state index contributed by atoms with van der Waals surface area (Å²) in [6, 6.07) is 8.46. The van der Waals surface area contributed by atoms with E-state index in [1.807, 2.05) is 19.1 Å². The molecule has 0 saturated heterocycles. The number of ether oxygens (including phenoxy) is 2. The molecule has 162 valence electrons. The predicted octanol–water partition coefficient (Wildman–Crippen LogP) is 4.15. The van der Waals surface area contributed by atoms with Gasteiger partial charge in [-0.1, -0.05) is 6.07 Å². The number of hydrogen-bond donors (Lipinski definition) is 2. The molecule has 0 radical (unpaired) electrons. The van der Waals surface area contributed by atoms with E-state index in [0.717, 1.165) is 17.7 Å². The summed E-state index contributed by atoms with van der Waals surface area (Å²) in [6.45, 7) is 2.25. The van der Waals surface area contributed by atoms with Crippen molar-refractivity contribution in [2.75, 3.05) is 26.8 Å². The topological polar surface area (TPSA) is 68.0 Å². The van der Waals surface area contributed by atoms with Crippen molar-refractivity contribution in [3.63, 3.8) is 0 Å². The molecule has 0 atom stereocenters. The summed E-state index contributed by atoms with van der Waals surface area (Å²) in [5.74, 6) is 1.77. The van der Waals surface area contributed by atoms with Gasteiger partial charge in [-0.15, -0.1) is 24.0 Å². The van der Waals surface area contributed by atoms with Crippen LogP contribution in [0.4, 0.5) is 13.2 Å². The number of nitrogens with zero attached hydrogens (tertiary/aromatic N) is 1. The summed E-state index contributed by atoms with van der Waals surface area (Å²) in [4.78, 5) is 4.48. The number of aliphatic imine (C=N–C) groups is 1. The van der Waals surface area contributed by atoms with Crippen LogP contribution in [0.3, 0.4) is 0 Å². The first-order chi connectivity index (χ1) is 13.4. The van der Waals surface area contributed by atoms with Crippen LogP contribution < -0.4 is 20.1 Å². The van der Waals surface area contributed by atoms with E-state index >= 15 is 0 Å². The first-order valence-electron chi connectivity index (χ1n) is 8.82. The molecule has 0 amide bonds. The molecule has 0 unspecified atom stereocenters. The fraction of sp³-hybridized carbons (Fsp3) is 0.421. The van der Waals surface area contributed by atoms with E-state index in [9.17, 15) is 13.2 Å². The molecule has 0 saturated carbocycles. The third-order valence-electron chi connectivity index (χ3n) is 3.63. The van der Waals surface area contributed by atoms with E-state index in [1.165, 1.54) is 13.2 Å². The highest BCUT2D eigenvalue weighted by atomic mass is 127. The molecule has 0 aliphatic carbocycles. The van der Waals surface area contributed by atoms with Gasteiger partial charge in [0.2, 0.25) is 0 Å². The molecule has 0 aliphatic heterocycles. The normalized spacial score (nSPS) is 11.6. The second-order valence-corrected chi connectivity index (χ2v) is 5.84. The SMILES string of the molecule is CCNC(=NCc1ccc(OCC(F)(F)F)c(OC)c1)NCCc1ccco1.I. The average Bonchev–Trinajstić information content (AvgIpc) is 3.17. The minimum atomic E-state index is -4.41. The number of benzene rings is 1. The Morgan fingerprint density at radius 3 is 2.59 bits per heavy atom. The lowest BCUT2D eigenvalue weighted by Crippen LogP contribution is -2.38. The van der Waals surface area contributed by atoms with Crippen LogP contribution in [0.25, 0.3) is 0 Å². The van der Waals surface area contributed by atoms with Crippen molar-refractivity contribution in [1.29, 1.82) is 0 Å². The first-order valence-corrected chi connectivity index (χ1v) is 8.82. The molecule has 1 aromatic heterocycles. The van der Waals surface area contributed by atoms with Gasteiger partial charge in [-0.05, 0) is 36.8 Å². The molecule has 0 bridgehead atoms. The van der Waals surface area contributed by atoms with Gasteiger partial charge >= 0.3 is 6.18 Å². The van der Waals surface area contributed by atoms with E-state index in [2.05, 4.69) is 15.6 Å². The van der Waals surface area contributed by atoms with Gasteiger partial charge in [0.05, 0.1) is 19.9 Å². The lowest BCUT2D eigenvalue weighted by atomic mass is 10.2. The lowest BCUT2D eigenvalue weighted by molar-refractivity contribution is -0.153. The van der Waals surface area contributed by atoms with Gasteiger partial charge in [0.1, 0.15) is 5.76 Å². The Bertz CT molecular complexity index is 753. The molecular formula is C19H25F3IN3O3. The molecule has 2 aromatic rings. The van der Waals surface area contributed by atoms with Gasteiger partial charge in [-0.25, -0.2) is 4.99 Å². The van der Waals surface area contributed by atoms with E-state index in [4.69, 9.17) is 13.9 Å². The summed E-state index contributed by atoms with van der Waals surface area (Å²) in [5, 5.41) is 6.34. The van der Waals surface area contributed by atoms with Crippen LogP contribution >= 0.6 is 24.0 Å². The third-order valence-corrected chi connectivity index (χ3v) is 3.63. The number of furan rings is 1. The lowest BCUT2D eigenvalue weighted by Gasteiger charge is -2.14. The Morgan fingerprint density at radius 1 is 1.17 bits per heavy atom. The fourth-order valence-electron chi connectivity index (χ4n) is 2.36. The zero-order valence-electron chi connectivity index (χ0n) is 16.2. The Kier molecular flexibility index (Phi) is 10.7. The molecular weight excluding hydrogens is 502 g/mol. The summed E-state index contributed by atoms with van der Waals surface area (Å²) in [7, 11) is 1.38. The monoisotopic (exact) mass is 527 g/mol. The molecule has 6 nitrogen and oxygen atoms in total. The maximum absolute atomic E-state index is 12.3. The highest BCUT2D eigenvalue weighted by Gasteiger charge is 2.29. The Balaban J connectivity index is 0.00000420. The minimum Gasteiger partial charge on any atom is -0.493 e. The van der Waals surface area contributed by atoms with Crippen LogP contribution in [0.5, 0.6) is 11.5 Å². The standard InChI is InChI=1S/C19H24F3N3O3.HI/c1-3-23-18(24-9-8-15-5-4-10-27-15)25-12-14-6-7-16(17(11-14)26-2)28-13-19(20,21)22;/h4-7,10-11H,3,8-9,12-13H2,1-2H3,(H2,23,24,25);1H. The zero-order valence-corrected chi connectivity index (χ0v) is 18.5. The largest absolute Gasteiger partial charge is 0.493 e. The maximum atomic E-state index is 12.3. The molecule has 29 heavy (non-hydrogen) atoms. The van der Waals surface area contributed by atoms with Gasteiger partial charge in [0.25, 0.3) is 0 Å². The van der Waals surface area contributed by atoms with Gasteiger partial charge in [-0.2, -0.15) is 13.2 Å². The van der Waals surface area contributed by atoms with Crippen LogP contribution in [0.1, 0.15) is 18.2 Å². The predicted molar refractivity (Wildman–Crippen MR) is 115 cm³/mol. The van der Waals surface area contributed by atoms with Gasteiger partial charge in [0, 0.05) is 19.5 Å². The zero-order chi connectivity index (χ0) is 20.4. The summed E-state index contributed by atoms with van der Waals surface area (Å²) in [5.41, 5.74) is 0.777. The van der Waals surface area contributed by atoms with Crippen molar-refractivity contribution in [2.24, 2.45) is 4.99 Å². The molecule has 1 aromatic carbocycles. The van der Waals surface area contributed by atoms with E-state index in [0.29, 0.717) is 25.6 Å². The van der Waals surface area contributed by atoms with Crippen LogP contribution in [0.15, 0.2) is 46.0 Å². The van der Waals surface area contributed by atoms with E-state index in [-0.39, 0.29) is 35.5 Å². The Morgan fingerprint density at radius 2 is 1.97 bits per heavy atom. The first kappa shape index (κ1) is 24.9. The molecule has 0 aliphatic rings. The van der Waals surface area contributed by atoms with Crippen LogP contribution in [-0.2, 0) is 13.0 Å². The van der Waals surface area contributed by atoms with Gasteiger partial charge in [0.15, 0.2) is 24.1 Å². The number of nitrogens with one attached hydrogen (secondary N) is 2. The quantitative estimate of drug-likeness (QED) is 0.292. The number of guanidine groups is 1. The van der Waals surface area contributed by atoms with Crippen molar-refractivity contribution >= 4 is 29.9 Å². The molecule has 1 heterocycles. The summed E-state index contributed by atoms with van der Waals surface area (Å²) >= 11 is 0. The van der Waals surface area contributed by atoms with Crippen molar-refractivity contribution in [1.82, 2.24) is 10.6 Å². The van der Waals surface area contributed by atoms with Crippen LogP contribution in [0.2, 0.25) is 0 Å². The smallest absolute Gasteiger partial charge is 0.422 e. The number of alkyl halides is 3. The molecule has 10 heteroatoms. The minimum absolute atomic E-state index is 0. The highest BCUT2D eigenvalue weighted by Crippen LogP contribution is 2.30. The number of halogens is 4. The number of methoxy groups -OCH3 is 1. The molecule has 2 rings (SSSR count). The fourth-order valence-corrected chi connectivity index (χ4v) is 2.36. The van der Waals surface area contributed by atoms with Crippen molar-refractivity contribution in [3.05, 3.63) is 47.9 Å². The molecule has 0 fully saturated rings. The number of hydrogen-bond acceptors (Lipinski definition) is 4. The van der Waals surface area contributed by atoms with Crippen molar-refractivity contribution in [2.45, 2.75) is 26.1 Å². The van der Waals surface area contributed by atoms with Crippen LogP contribution in [0, 0.1) is 0 Å².